The van der Waals surface area contributed by atoms with Gasteiger partial charge in [-0.1, -0.05) is 18.2 Å². The molecule has 1 aliphatic heterocycles. The van der Waals surface area contributed by atoms with Crippen LogP contribution in [0.1, 0.15) is 17.7 Å². The summed E-state index contributed by atoms with van der Waals surface area (Å²) in [7, 11) is 0. The van der Waals surface area contributed by atoms with Gasteiger partial charge in [-0.05, 0) is 36.2 Å². The van der Waals surface area contributed by atoms with Crippen LogP contribution in [0.2, 0.25) is 0 Å². The average Bonchev–Trinajstić information content (AvgIpc) is 2.57. The molecule has 4 nitrogen and oxygen atoms in total. The highest BCUT2D eigenvalue weighted by atomic mass is 35.5. The molecule has 0 spiro atoms. The van der Waals surface area contributed by atoms with Gasteiger partial charge in [-0.15, -0.1) is 12.4 Å². The quantitative estimate of drug-likeness (QED) is 0.868. The van der Waals surface area contributed by atoms with Crippen LogP contribution in [0.5, 0.6) is 0 Å². The van der Waals surface area contributed by atoms with Crippen LogP contribution in [-0.4, -0.2) is 40.2 Å². The molecule has 1 fully saturated rings. The maximum absolute atomic E-state index is 12.9. The van der Waals surface area contributed by atoms with E-state index < -0.39 is 6.10 Å². The lowest BCUT2D eigenvalue weighted by atomic mass is 10.0. The Labute approximate surface area is 148 Å². The molecule has 0 bridgehead atoms. The van der Waals surface area contributed by atoms with Crippen molar-refractivity contribution < 1.29 is 9.50 Å². The predicted octanol–water partition coefficient (Wildman–Crippen LogP) is 2.37. The molecule has 0 aliphatic carbocycles. The number of hydrogen-bond donors (Lipinski definition) is 2. The van der Waals surface area contributed by atoms with Gasteiger partial charge in [-0.25, -0.2) is 4.39 Å². The fourth-order valence-electron chi connectivity index (χ4n) is 2.97. The van der Waals surface area contributed by atoms with Crippen molar-refractivity contribution in [3.8, 4) is 0 Å². The minimum absolute atomic E-state index is 0. The van der Waals surface area contributed by atoms with E-state index in [-0.39, 0.29) is 24.3 Å². The van der Waals surface area contributed by atoms with Gasteiger partial charge in [0.25, 0.3) is 0 Å². The summed E-state index contributed by atoms with van der Waals surface area (Å²) >= 11 is 0. The van der Waals surface area contributed by atoms with E-state index in [1.54, 1.807) is 18.3 Å². The van der Waals surface area contributed by atoms with Crippen LogP contribution in [0.15, 0.2) is 48.7 Å². The molecule has 3 rings (SSSR count). The van der Waals surface area contributed by atoms with Gasteiger partial charge in [-0.2, -0.15) is 0 Å². The number of aliphatic hydroxyl groups excluding tert-OH is 1. The summed E-state index contributed by atoms with van der Waals surface area (Å²) in [5.74, 6) is -0.216. The minimum atomic E-state index is -0.409. The molecule has 2 aromatic rings. The molecule has 0 saturated carbocycles. The average molecular weight is 352 g/mol. The highest BCUT2D eigenvalue weighted by Crippen LogP contribution is 2.15. The molecule has 1 saturated heterocycles. The third-order valence-corrected chi connectivity index (χ3v) is 4.26. The van der Waals surface area contributed by atoms with Crippen LogP contribution in [0.3, 0.4) is 0 Å². The summed E-state index contributed by atoms with van der Waals surface area (Å²) in [6.07, 6.45) is 2.25. The summed E-state index contributed by atoms with van der Waals surface area (Å²) in [5, 5.41) is 13.7. The number of rotatable bonds is 5. The molecule has 1 aliphatic rings. The predicted molar refractivity (Wildman–Crippen MR) is 94.4 cm³/mol. The molecule has 2 N–H and O–H groups in total. The first kappa shape index (κ1) is 18.8. The number of likely N-dealkylation sites (tertiary alicyclic amines) is 1. The van der Waals surface area contributed by atoms with Crippen LogP contribution >= 0.6 is 12.4 Å². The maximum atomic E-state index is 12.9. The monoisotopic (exact) mass is 351 g/mol. The number of benzene rings is 1. The van der Waals surface area contributed by atoms with Gasteiger partial charge in [0.1, 0.15) is 5.82 Å². The number of β-amino-alcohol motifs (C(OH)–C–C–N with tert-alkyl or cyclic N) is 1. The first-order valence-corrected chi connectivity index (χ1v) is 7.99. The molecule has 1 aromatic carbocycles. The fraction of sp³-hybridized carbons (Fsp3) is 0.389. The molecule has 6 heteroatoms. The van der Waals surface area contributed by atoms with Crippen LogP contribution < -0.4 is 5.32 Å². The fourth-order valence-corrected chi connectivity index (χ4v) is 2.97. The smallest absolute Gasteiger partial charge is 0.123 e. The summed E-state index contributed by atoms with van der Waals surface area (Å²) < 4.78 is 12.9. The van der Waals surface area contributed by atoms with Crippen molar-refractivity contribution in [1.82, 2.24) is 15.2 Å². The summed E-state index contributed by atoms with van der Waals surface area (Å²) in [4.78, 5) is 6.49. The van der Waals surface area contributed by atoms with E-state index in [1.165, 1.54) is 12.1 Å². The normalized spacial score (nSPS) is 21.2. The van der Waals surface area contributed by atoms with Gasteiger partial charge in [0.2, 0.25) is 0 Å². The number of piperidine rings is 1. The van der Waals surface area contributed by atoms with Gasteiger partial charge in [0, 0.05) is 38.4 Å². The van der Waals surface area contributed by atoms with Crippen molar-refractivity contribution >= 4 is 12.4 Å². The minimum Gasteiger partial charge on any atom is -0.390 e. The van der Waals surface area contributed by atoms with Crippen molar-refractivity contribution in [3.05, 3.63) is 65.7 Å². The Morgan fingerprint density at radius 3 is 2.67 bits per heavy atom. The lowest BCUT2D eigenvalue weighted by molar-refractivity contribution is 0.0364. The van der Waals surface area contributed by atoms with Crippen LogP contribution in [0, 0.1) is 5.82 Å². The molecule has 2 heterocycles. The first-order valence-electron chi connectivity index (χ1n) is 7.99. The number of nitrogens with one attached hydrogen (secondary N) is 1. The van der Waals surface area contributed by atoms with E-state index in [1.807, 2.05) is 18.2 Å². The Kier molecular flexibility index (Phi) is 7.12. The topological polar surface area (TPSA) is 48.4 Å². The van der Waals surface area contributed by atoms with Gasteiger partial charge in [0.05, 0.1) is 11.8 Å². The second kappa shape index (κ2) is 9.08. The van der Waals surface area contributed by atoms with E-state index in [0.717, 1.165) is 30.8 Å². The highest BCUT2D eigenvalue weighted by Gasteiger charge is 2.27. The third kappa shape index (κ3) is 5.24. The van der Waals surface area contributed by atoms with Gasteiger partial charge in [-0.3, -0.25) is 9.88 Å². The standard InChI is InChI=1S/C18H22FN3O.ClH/c19-15-6-4-14(5-7-15)12-22-10-8-17(18(23)13-22)21-11-16-3-1-2-9-20-16;/h1-7,9,17-18,21,23H,8,10-13H2;1H/t17-,18-;/m1./s1. The molecule has 24 heavy (non-hydrogen) atoms. The maximum Gasteiger partial charge on any atom is 0.123 e. The zero-order chi connectivity index (χ0) is 16.1. The number of pyridine rings is 1. The van der Waals surface area contributed by atoms with Crippen molar-refractivity contribution in [2.75, 3.05) is 13.1 Å². The molecule has 0 radical (unpaired) electrons. The Morgan fingerprint density at radius 1 is 1.21 bits per heavy atom. The van der Waals surface area contributed by atoms with E-state index in [9.17, 15) is 9.50 Å². The van der Waals surface area contributed by atoms with Crippen molar-refractivity contribution in [2.45, 2.75) is 31.7 Å². The lowest BCUT2D eigenvalue weighted by Crippen LogP contribution is -2.52. The SMILES string of the molecule is Cl.O[C@@H]1CN(Cc2ccc(F)cc2)CC[C@H]1NCc1ccccn1. The van der Waals surface area contributed by atoms with Gasteiger partial charge >= 0.3 is 0 Å². The van der Waals surface area contributed by atoms with E-state index >= 15 is 0 Å². The van der Waals surface area contributed by atoms with Crippen molar-refractivity contribution in [2.24, 2.45) is 0 Å². The summed E-state index contributed by atoms with van der Waals surface area (Å²) in [6.45, 7) is 2.94. The Bertz CT molecular complexity index is 611. The Balaban J connectivity index is 0.00000208. The van der Waals surface area contributed by atoms with E-state index in [4.69, 9.17) is 0 Å². The second-order valence-corrected chi connectivity index (χ2v) is 6.03. The number of aliphatic hydroxyl groups is 1. The summed E-state index contributed by atoms with van der Waals surface area (Å²) in [6, 6.07) is 12.5. The molecular formula is C18H23ClFN3O. The summed E-state index contributed by atoms with van der Waals surface area (Å²) in [5.41, 5.74) is 2.05. The largest absolute Gasteiger partial charge is 0.390 e. The molecular weight excluding hydrogens is 329 g/mol. The van der Waals surface area contributed by atoms with Gasteiger partial charge < -0.3 is 10.4 Å². The number of hydrogen-bond acceptors (Lipinski definition) is 4. The lowest BCUT2D eigenvalue weighted by Gasteiger charge is -2.36. The second-order valence-electron chi connectivity index (χ2n) is 6.03. The Morgan fingerprint density at radius 2 is 2.00 bits per heavy atom. The van der Waals surface area contributed by atoms with Crippen LogP contribution in [-0.2, 0) is 13.1 Å². The highest BCUT2D eigenvalue weighted by molar-refractivity contribution is 5.85. The molecule has 130 valence electrons. The van der Waals surface area contributed by atoms with E-state index in [2.05, 4.69) is 15.2 Å². The first-order chi connectivity index (χ1) is 11.2. The molecule has 2 atom stereocenters. The molecule has 0 unspecified atom stereocenters. The van der Waals surface area contributed by atoms with Crippen LogP contribution in [0.4, 0.5) is 4.39 Å². The van der Waals surface area contributed by atoms with Gasteiger partial charge in [0.15, 0.2) is 0 Å². The van der Waals surface area contributed by atoms with E-state index in [0.29, 0.717) is 13.1 Å². The number of nitrogens with zero attached hydrogens (tertiary/aromatic N) is 2. The zero-order valence-electron chi connectivity index (χ0n) is 13.4. The molecule has 0 amide bonds. The zero-order valence-corrected chi connectivity index (χ0v) is 14.3. The van der Waals surface area contributed by atoms with Crippen molar-refractivity contribution in [1.29, 1.82) is 0 Å². The number of aromatic nitrogens is 1. The number of halogens is 2. The Hall–Kier alpha value is -1.53. The van der Waals surface area contributed by atoms with Crippen LogP contribution in [0.25, 0.3) is 0 Å². The van der Waals surface area contributed by atoms with Crippen molar-refractivity contribution in [3.63, 3.8) is 0 Å². The molecule has 1 aromatic heterocycles. The third-order valence-electron chi connectivity index (χ3n) is 4.26.